The maximum absolute atomic E-state index is 11.8. The molecule has 0 amide bonds. The van der Waals surface area contributed by atoms with Gasteiger partial charge in [0, 0.05) is 5.56 Å². The maximum Gasteiger partial charge on any atom is 0.335 e. The number of rotatable bonds is 4. The van der Waals surface area contributed by atoms with Crippen LogP contribution in [0, 0.1) is 17.8 Å². The van der Waals surface area contributed by atoms with Crippen molar-refractivity contribution in [3.8, 4) is 0 Å². The molecule has 0 heterocycles. The normalized spacial score (nSPS) is 28.6. The van der Waals surface area contributed by atoms with Gasteiger partial charge in [-0.05, 0) is 37.0 Å². The Bertz CT molecular complexity index is 512. The van der Waals surface area contributed by atoms with Crippen molar-refractivity contribution < 1.29 is 9.63 Å². The zero-order valence-corrected chi connectivity index (χ0v) is 11.5. The van der Waals surface area contributed by atoms with Gasteiger partial charge in [-0.3, -0.25) is 0 Å². The van der Waals surface area contributed by atoms with Crippen molar-refractivity contribution in [3.05, 3.63) is 35.9 Å². The van der Waals surface area contributed by atoms with Gasteiger partial charge in [-0.1, -0.05) is 41.9 Å². The van der Waals surface area contributed by atoms with Gasteiger partial charge in [0.1, 0.15) is 0 Å². The Kier molecular flexibility index (Phi) is 3.72. The van der Waals surface area contributed by atoms with Crippen molar-refractivity contribution in [2.75, 3.05) is 0 Å². The quantitative estimate of drug-likeness (QED) is 0.396. The predicted octanol–water partition coefficient (Wildman–Crippen LogP) is 2.68. The summed E-state index contributed by atoms with van der Waals surface area (Å²) in [5.41, 5.74) is 6.55. The Morgan fingerprint density at radius 1 is 1.25 bits per heavy atom. The van der Waals surface area contributed by atoms with Crippen LogP contribution in [0.15, 0.2) is 35.5 Å². The van der Waals surface area contributed by atoms with E-state index < -0.39 is 0 Å². The highest BCUT2D eigenvalue weighted by Gasteiger charge is 2.40. The molecule has 4 heteroatoms. The smallest absolute Gasteiger partial charge is 0.335 e. The summed E-state index contributed by atoms with van der Waals surface area (Å²) in [5, 5.41) is 3.74. The molecule has 0 radical (unpaired) electrons. The number of fused-ring (bicyclic) bond motifs is 2. The highest BCUT2D eigenvalue weighted by molar-refractivity contribution is 5.97. The largest absolute Gasteiger partial charge is 0.380 e. The van der Waals surface area contributed by atoms with Gasteiger partial charge >= 0.3 is 5.97 Å². The molecule has 3 rings (SSSR count). The fourth-order valence-corrected chi connectivity index (χ4v) is 3.64. The third-order valence-corrected chi connectivity index (χ3v) is 4.63. The van der Waals surface area contributed by atoms with Gasteiger partial charge in [0.05, 0.1) is 6.42 Å². The van der Waals surface area contributed by atoms with E-state index in [1.807, 2.05) is 30.3 Å². The van der Waals surface area contributed by atoms with Crippen molar-refractivity contribution in [1.82, 2.24) is 0 Å². The Labute approximate surface area is 119 Å². The molecule has 0 aromatic heterocycles. The van der Waals surface area contributed by atoms with Crippen molar-refractivity contribution in [2.45, 2.75) is 32.1 Å². The van der Waals surface area contributed by atoms with E-state index in [1.54, 1.807) is 0 Å². The lowest BCUT2D eigenvalue weighted by atomic mass is 9.86. The summed E-state index contributed by atoms with van der Waals surface area (Å²) >= 11 is 0. The molecular weight excluding hydrogens is 252 g/mol. The molecule has 1 aromatic rings. The summed E-state index contributed by atoms with van der Waals surface area (Å²) in [7, 11) is 0. The number of nitrogens with zero attached hydrogens (tertiary/aromatic N) is 1. The number of carbonyl (C=O) groups is 1. The monoisotopic (exact) mass is 272 g/mol. The average Bonchev–Trinajstić information content (AvgIpc) is 3.08. The molecule has 3 atom stereocenters. The van der Waals surface area contributed by atoms with E-state index in [0.29, 0.717) is 12.3 Å². The number of hydrogen-bond donors (Lipinski definition) is 1. The van der Waals surface area contributed by atoms with Crippen LogP contribution in [0.3, 0.4) is 0 Å². The molecule has 0 spiro atoms. The molecule has 2 fully saturated rings. The predicted molar refractivity (Wildman–Crippen MR) is 76.8 cm³/mol. The fraction of sp³-hybridized carbons (Fsp3) is 0.500. The van der Waals surface area contributed by atoms with Gasteiger partial charge in [0.25, 0.3) is 0 Å². The molecule has 1 aromatic carbocycles. The summed E-state index contributed by atoms with van der Waals surface area (Å²) in [4.78, 5) is 16.8. The van der Waals surface area contributed by atoms with E-state index in [2.05, 4.69) is 5.16 Å². The summed E-state index contributed by atoms with van der Waals surface area (Å²) in [5.74, 6) is 2.04. The second-order valence-electron chi connectivity index (χ2n) is 5.94. The number of carbonyl (C=O) groups excluding carboxylic acids is 1. The van der Waals surface area contributed by atoms with Crippen LogP contribution in [-0.2, 0) is 9.63 Å². The van der Waals surface area contributed by atoms with E-state index in [1.165, 1.54) is 25.7 Å². The summed E-state index contributed by atoms with van der Waals surface area (Å²) in [6, 6.07) is 9.31. The van der Waals surface area contributed by atoms with Crippen LogP contribution in [0.1, 0.15) is 37.7 Å². The van der Waals surface area contributed by atoms with Crippen molar-refractivity contribution in [1.29, 1.82) is 0 Å². The number of benzene rings is 1. The van der Waals surface area contributed by atoms with E-state index in [-0.39, 0.29) is 11.8 Å². The van der Waals surface area contributed by atoms with Gasteiger partial charge in [0.2, 0.25) is 0 Å². The molecule has 0 saturated heterocycles. The zero-order chi connectivity index (χ0) is 13.9. The molecule has 2 N–H and O–H groups in total. The van der Waals surface area contributed by atoms with Crippen molar-refractivity contribution in [2.24, 2.45) is 28.6 Å². The first-order valence-corrected chi connectivity index (χ1v) is 7.31. The summed E-state index contributed by atoms with van der Waals surface area (Å²) in [6.45, 7) is 0. The third-order valence-electron chi connectivity index (χ3n) is 4.63. The molecule has 2 aliphatic carbocycles. The zero-order valence-electron chi connectivity index (χ0n) is 11.5. The molecular formula is C16H20N2O2. The van der Waals surface area contributed by atoms with Crippen LogP contribution in [0.2, 0.25) is 0 Å². The Balaban J connectivity index is 1.52. The van der Waals surface area contributed by atoms with Crippen molar-refractivity contribution in [3.63, 3.8) is 0 Å². The summed E-state index contributed by atoms with van der Waals surface area (Å²) in [6.07, 6.45) is 5.57. The van der Waals surface area contributed by atoms with Gasteiger partial charge in [0.15, 0.2) is 5.84 Å². The highest BCUT2D eigenvalue weighted by Crippen LogP contribution is 2.49. The fourth-order valence-electron chi connectivity index (χ4n) is 3.64. The second kappa shape index (κ2) is 5.65. The van der Waals surface area contributed by atoms with E-state index in [0.717, 1.165) is 17.4 Å². The lowest BCUT2D eigenvalue weighted by Crippen LogP contribution is -2.18. The van der Waals surface area contributed by atoms with Gasteiger partial charge < -0.3 is 10.6 Å². The van der Waals surface area contributed by atoms with Crippen LogP contribution in [0.25, 0.3) is 0 Å². The number of nitrogens with two attached hydrogens (primary N) is 1. The standard InChI is InChI=1S/C16H20N2O2/c17-16(12-4-2-1-3-5-12)18-20-15(19)10-14-9-11-6-7-13(14)8-11/h1-5,11,13-14H,6-10H2,(H2,17,18)/t11-,13-,14-/m0/s1. The topological polar surface area (TPSA) is 64.7 Å². The molecule has 4 nitrogen and oxygen atoms in total. The average molecular weight is 272 g/mol. The van der Waals surface area contributed by atoms with Gasteiger partial charge in [-0.2, -0.15) is 0 Å². The maximum atomic E-state index is 11.8. The van der Waals surface area contributed by atoms with Crippen LogP contribution >= 0.6 is 0 Å². The lowest BCUT2D eigenvalue weighted by molar-refractivity contribution is -0.145. The first-order chi connectivity index (χ1) is 9.72. The minimum absolute atomic E-state index is 0.242. The SMILES string of the molecule is N/C(=N/OC(=O)C[C@@H]1C[C@H]2CC[C@H]1C2)c1ccccc1. The highest BCUT2D eigenvalue weighted by atomic mass is 16.7. The van der Waals surface area contributed by atoms with Crippen LogP contribution < -0.4 is 5.73 Å². The van der Waals surface area contributed by atoms with Crippen LogP contribution in [0.4, 0.5) is 0 Å². The van der Waals surface area contributed by atoms with Crippen molar-refractivity contribution >= 4 is 11.8 Å². The Morgan fingerprint density at radius 2 is 2.05 bits per heavy atom. The molecule has 106 valence electrons. The molecule has 0 unspecified atom stereocenters. The number of oxime groups is 1. The summed E-state index contributed by atoms with van der Waals surface area (Å²) < 4.78 is 0. The molecule has 2 aliphatic rings. The number of hydrogen-bond acceptors (Lipinski definition) is 3. The lowest BCUT2D eigenvalue weighted by Gasteiger charge is -2.19. The Morgan fingerprint density at radius 3 is 2.70 bits per heavy atom. The molecule has 2 saturated carbocycles. The first-order valence-electron chi connectivity index (χ1n) is 7.31. The number of amidine groups is 1. The first kappa shape index (κ1) is 13.2. The minimum atomic E-state index is -0.263. The van der Waals surface area contributed by atoms with E-state index >= 15 is 0 Å². The van der Waals surface area contributed by atoms with E-state index in [9.17, 15) is 4.79 Å². The third kappa shape index (κ3) is 2.84. The van der Waals surface area contributed by atoms with Crippen LogP contribution in [-0.4, -0.2) is 11.8 Å². The van der Waals surface area contributed by atoms with Gasteiger partial charge in [-0.25, -0.2) is 4.79 Å². The van der Waals surface area contributed by atoms with E-state index in [4.69, 9.17) is 10.6 Å². The van der Waals surface area contributed by atoms with Gasteiger partial charge in [-0.15, -0.1) is 0 Å². The molecule has 2 bridgehead atoms. The molecule has 0 aliphatic heterocycles. The van der Waals surface area contributed by atoms with Crippen LogP contribution in [0.5, 0.6) is 0 Å². The second-order valence-corrected chi connectivity index (χ2v) is 5.94. The Hall–Kier alpha value is -1.84. The molecule has 20 heavy (non-hydrogen) atoms. The minimum Gasteiger partial charge on any atom is -0.380 e.